The minimum atomic E-state index is 0.573. The molecule has 82 valence electrons. The normalized spacial score (nSPS) is 16.8. The molecule has 1 aromatic heterocycles. The molecule has 0 radical (unpaired) electrons. The SMILES string of the molecule is Cc1nc(N)c(C)c(N2CCOCC2)n1. The van der Waals surface area contributed by atoms with Crippen molar-refractivity contribution in [3.8, 4) is 0 Å². The van der Waals surface area contributed by atoms with Crippen molar-refractivity contribution in [3.05, 3.63) is 11.4 Å². The molecule has 0 spiro atoms. The van der Waals surface area contributed by atoms with Gasteiger partial charge in [-0.05, 0) is 13.8 Å². The number of aromatic nitrogens is 2. The minimum absolute atomic E-state index is 0.573. The van der Waals surface area contributed by atoms with E-state index in [0.29, 0.717) is 5.82 Å². The zero-order chi connectivity index (χ0) is 10.8. The Hall–Kier alpha value is -1.36. The lowest BCUT2D eigenvalue weighted by molar-refractivity contribution is 0.122. The van der Waals surface area contributed by atoms with Gasteiger partial charge in [0.2, 0.25) is 0 Å². The number of hydrogen-bond acceptors (Lipinski definition) is 5. The Morgan fingerprint density at radius 1 is 1.20 bits per heavy atom. The van der Waals surface area contributed by atoms with E-state index in [1.165, 1.54) is 0 Å². The van der Waals surface area contributed by atoms with Crippen LogP contribution in [0.2, 0.25) is 0 Å². The first kappa shape index (κ1) is 10.2. The summed E-state index contributed by atoms with van der Waals surface area (Å²) in [4.78, 5) is 10.8. The van der Waals surface area contributed by atoms with Gasteiger partial charge in [-0.25, -0.2) is 9.97 Å². The van der Waals surface area contributed by atoms with E-state index in [-0.39, 0.29) is 0 Å². The second kappa shape index (κ2) is 4.02. The molecule has 1 aliphatic rings. The summed E-state index contributed by atoms with van der Waals surface area (Å²) in [5.41, 5.74) is 6.78. The summed E-state index contributed by atoms with van der Waals surface area (Å²) in [6, 6.07) is 0. The maximum Gasteiger partial charge on any atom is 0.137 e. The fourth-order valence-electron chi connectivity index (χ4n) is 1.72. The Balaban J connectivity index is 2.33. The molecule has 1 aromatic rings. The molecule has 0 saturated carbocycles. The van der Waals surface area contributed by atoms with Gasteiger partial charge < -0.3 is 15.4 Å². The number of morpholine rings is 1. The predicted octanol–water partition coefficient (Wildman–Crippen LogP) is 0.512. The lowest BCUT2D eigenvalue weighted by Gasteiger charge is -2.29. The van der Waals surface area contributed by atoms with Crippen LogP contribution in [0.25, 0.3) is 0 Å². The van der Waals surface area contributed by atoms with Gasteiger partial charge in [0.1, 0.15) is 17.5 Å². The quantitative estimate of drug-likeness (QED) is 0.728. The summed E-state index contributed by atoms with van der Waals surface area (Å²) in [5.74, 6) is 2.24. The standard InChI is InChI=1S/C10H16N4O/c1-7-9(11)12-8(2)13-10(7)14-3-5-15-6-4-14/h3-6H2,1-2H3,(H2,11,12,13). The number of anilines is 2. The molecule has 0 unspecified atom stereocenters. The first-order chi connectivity index (χ1) is 7.18. The van der Waals surface area contributed by atoms with Crippen LogP contribution in [0.15, 0.2) is 0 Å². The number of aryl methyl sites for hydroxylation is 1. The summed E-state index contributed by atoms with van der Waals surface area (Å²) in [7, 11) is 0. The van der Waals surface area contributed by atoms with Crippen LogP contribution in [0.4, 0.5) is 11.6 Å². The lowest BCUT2D eigenvalue weighted by Crippen LogP contribution is -2.37. The molecule has 1 aliphatic heterocycles. The van der Waals surface area contributed by atoms with Crippen LogP contribution in [-0.4, -0.2) is 36.3 Å². The third-order valence-electron chi connectivity index (χ3n) is 2.58. The summed E-state index contributed by atoms with van der Waals surface area (Å²) in [6.45, 7) is 7.07. The number of nitrogens with two attached hydrogens (primary N) is 1. The molecular weight excluding hydrogens is 192 g/mol. The van der Waals surface area contributed by atoms with Gasteiger partial charge in [0.05, 0.1) is 13.2 Å². The summed E-state index contributed by atoms with van der Waals surface area (Å²) in [5, 5.41) is 0. The van der Waals surface area contributed by atoms with Crippen molar-refractivity contribution in [2.24, 2.45) is 0 Å². The maximum atomic E-state index is 5.82. The first-order valence-corrected chi connectivity index (χ1v) is 5.12. The van der Waals surface area contributed by atoms with Crippen molar-refractivity contribution >= 4 is 11.6 Å². The monoisotopic (exact) mass is 208 g/mol. The van der Waals surface area contributed by atoms with Crippen molar-refractivity contribution < 1.29 is 4.74 Å². The number of hydrogen-bond donors (Lipinski definition) is 1. The average Bonchev–Trinajstić information content (AvgIpc) is 2.24. The highest BCUT2D eigenvalue weighted by atomic mass is 16.5. The number of ether oxygens (including phenoxy) is 1. The zero-order valence-electron chi connectivity index (χ0n) is 9.16. The largest absolute Gasteiger partial charge is 0.383 e. The minimum Gasteiger partial charge on any atom is -0.383 e. The van der Waals surface area contributed by atoms with Gasteiger partial charge in [0.15, 0.2) is 0 Å². The molecule has 0 bridgehead atoms. The lowest BCUT2D eigenvalue weighted by atomic mass is 10.2. The Morgan fingerprint density at radius 2 is 1.87 bits per heavy atom. The number of rotatable bonds is 1. The van der Waals surface area contributed by atoms with E-state index < -0.39 is 0 Å². The van der Waals surface area contributed by atoms with Crippen LogP contribution in [0.3, 0.4) is 0 Å². The topological polar surface area (TPSA) is 64.3 Å². The molecule has 0 atom stereocenters. The van der Waals surface area contributed by atoms with Crippen LogP contribution in [0.5, 0.6) is 0 Å². The van der Waals surface area contributed by atoms with Crippen molar-refractivity contribution in [1.29, 1.82) is 0 Å². The van der Waals surface area contributed by atoms with Gasteiger partial charge in [-0.15, -0.1) is 0 Å². The molecular formula is C10H16N4O. The van der Waals surface area contributed by atoms with Crippen molar-refractivity contribution in [1.82, 2.24) is 9.97 Å². The van der Waals surface area contributed by atoms with Crippen LogP contribution in [-0.2, 0) is 4.74 Å². The van der Waals surface area contributed by atoms with Crippen LogP contribution in [0, 0.1) is 13.8 Å². The molecule has 0 aliphatic carbocycles. The van der Waals surface area contributed by atoms with Crippen LogP contribution in [0.1, 0.15) is 11.4 Å². The van der Waals surface area contributed by atoms with Crippen LogP contribution >= 0.6 is 0 Å². The second-order valence-electron chi connectivity index (χ2n) is 3.70. The average molecular weight is 208 g/mol. The van der Waals surface area contributed by atoms with E-state index >= 15 is 0 Å². The van der Waals surface area contributed by atoms with Gasteiger partial charge in [0, 0.05) is 18.7 Å². The third kappa shape index (κ3) is 2.02. The summed E-state index contributed by atoms with van der Waals surface area (Å²) >= 11 is 0. The fraction of sp³-hybridized carbons (Fsp3) is 0.600. The van der Waals surface area contributed by atoms with E-state index in [9.17, 15) is 0 Å². The second-order valence-corrected chi connectivity index (χ2v) is 3.70. The molecule has 2 N–H and O–H groups in total. The van der Waals surface area contributed by atoms with Gasteiger partial charge in [0.25, 0.3) is 0 Å². The maximum absolute atomic E-state index is 5.82. The van der Waals surface area contributed by atoms with Crippen molar-refractivity contribution in [2.45, 2.75) is 13.8 Å². The Labute approximate surface area is 89.3 Å². The summed E-state index contributed by atoms with van der Waals surface area (Å²) in [6.07, 6.45) is 0. The van der Waals surface area contributed by atoms with E-state index in [1.54, 1.807) is 0 Å². The van der Waals surface area contributed by atoms with Crippen molar-refractivity contribution in [2.75, 3.05) is 36.9 Å². The smallest absolute Gasteiger partial charge is 0.137 e. The van der Waals surface area contributed by atoms with E-state index in [2.05, 4.69) is 14.9 Å². The molecule has 1 fully saturated rings. The number of nitrogens with zero attached hydrogens (tertiary/aromatic N) is 3. The molecule has 2 rings (SSSR count). The van der Waals surface area contributed by atoms with Crippen molar-refractivity contribution in [3.63, 3.8) is 0 Å². The van der Waals surface area contributed by atoms with Gasteiger partial charge >= 0.3 is 0 Å². The summed E-state index contributed by atoms with van der Waals surface area (Å²) < 4.78 is 5.31. The number of nitrogen functional groups attached to an aromatic ring is 1. The third-order valence-corrected chi connectivity index (χ3v) is 2.58. The molecule has 0 aromatic carbocycles. The highest BCUT2D eigenvalue weighted by Crippen LogP contribution is 2.21. The molecule has 2 heterocycles. The molecule has 5 nitrogen and oxygen atoms in total. The Kier molecular flexibility index (Phi) is 2.73. The predicted molar refractivity (Wildman–Crippen MR) is 59.0 cm³/mol. The molecule has 1 saturated heterocycles. The van der Waals surface area contributed by atoms with Gasteiger partial charge in [-0.3, -0.25) is 0 Å². The van der Waals surface area contributed by atoms with E-state index in [0.717, 1.165) is 43.5 Å². The molecule has 0 amide bonds. The van der Waals surface area contributed by atoms with E-state index in [4.69, 9.17) is 10.5 Å². The Bertz CT molecular complexity index is 361. The van der Waals surface area contributed by atoms with Gasteiger partial charge in [-0.2, -0.15) is 0 Å². The molecule has 5 heteroatoms. The highest BCUT2D eigenvalue weighted by Gasteiger charge is 2.16. The van der Waals surface area contributed by atoms with E-state index in [1.807, 2.05) is 13.8 Å². The van der Waals surface area contributed by atoms with Gasteiger partial charge in [-0.1, -0.05) is 0 Å². The first-order valence-electron chi connectivity index (χ1n) is 5.12. The highest BCUT2D eigenvalue weighted by molar-refractivity contribution is 5.56. The zero-order valence-corrected chi connectivity index (χ0v) is 9.16. The van der Waals surface area contributed by atoms with Crippen LogP contribution < -0.4 is 10.6 Å². The Morgan fingerprint density at radius 3 is 2.53 bits per heavy atom. The molecule has 15 heavy (non-hydrogen) atoms. The fourth-order valence-corrected chi connectivity index (χ4v) is 1.72.